The number of nitrogens with zero attached hydrogens (tertiary/aromatic N) is 1. The van der Waals surface area contributed by atoms with E-state index >= 15 is 0 Å². The second-order valence-electron chi connectivity index (χ2n) is 5.68. The highest BCUT2D eigenvalue weighted by Crippen LogP contribution is 2.24. The molecule has 1 aliphatic rings. The van der Waals surface area contributed by atoms with Crippen LogP contribution in [0.4, 0.5) is 0 Å². The Kier molecular flexibility index (Phi) is 5.40. The summed E-state index contributed by atoms with van der Waals surface area (Å²) in [6.45, 7) is 7.14. The Labute approximate surface area is 104 Å². The average Bonchev–Trinajstić information content (AvgIpc) is 2.08. The predicted octanol–water partition coefficient (Wildman–Crippen LogP) is 1.56. The van der Waals surface area contributed by atoms with Gasteiger partial charge in [0.25, 0.3) is 0 Å². The summed E-state index contributed by atoms with van der Waals surface area (Å²) >= 11 is 0. The maximum atomic E-state index is 11.6. The van der Waals surface area contributed by atoms with Crippen LogP contribution in [0.15, 0.2) is 0 Å². The van der Waals surface area contributed by atoms with Crippen LogP contribution >= 0.6 is 0 Å². The van der Waals surface area contributed by atoms with Crippen molar-refractivity contribution in [3.8, 4) is 0 Å². The zero-order chi connectivity index (χ0) is 12.9. The van der Waals surface area contributed by atoms with E-state index in [4.69, 9.17) is 9.84 Å². The normalized spacial score (nSPS) is 17.0. The second kappa shape index (κ2) is 6.36. The molecule has 0 unspecified atom stereocenters. The Balaban J connectivity index is 2.28. The summed E-state index contributed by atoms with van der Waals surface area (Å²) < 4.78 is 5.27. The molecule has 4 heteroatoms. The van der Waals surface area contributed by atoms with Gasteiger partial charge in [0.15, 0.2) is 0 Å². The summed E-state index contributed by atoms with van der Waals surface area (Å²) in [6.07, 6.45) is 4.05. The van der Waals surface area contributed by atoms with Crippen molar-refractivity contribution in [3.05, 3.63) is 0 Å². The molecule has 0 spiro atoms. The third-order valence-corrected chi connectivity index (χ3v) is 3.00. The summed E-state index contributed by atoms with van der Waals surface area (Å²) in [5.74, 6) is -0.153. The molecule has 0 heterocycles. The molecule has 0 saturated heterocycles. The lowest BCUT2D eigenvalue weighted by atomic mass is 9.91. The van der Waals surface area contributed by atoms with Crippen LogP contribution in [0, 0.1) is 0 Å². The van der Waals surface area contributed by atoms with Crippen molar-refractivity contribution in [1.82, 2.24) is 4.90 Å². The molecule has 0 aromatic heterocycles. The van der Waals surface area contributed by atoms with Crippen molar-refractivity contribution >= 4 is 5.97 Å². The molecule has 0 aliphatic heterocycles. The number of carbonyl (C=O) groups is 1. The van der Waals surface area contributed by atoms with Gasteiger partial charge in [-0.25, -0.2) is 0 Å². The van der Waals surface area contributed by atoms with E-state index in [1.807, 2.05) is 20.8 Å². The van der Waals surface area contributed by atoms with Crippen LogP contribution in [0.2, 0.25) is 0 Å². The van der Waals surface area contributed by atoms with Gasteiger partial charge >= 0.3 is 5.97 Å². The van der Waals surface area contributed by atoms with E-state index < -0.39 is 5.60 Å². The fraction of sp³-hybridized carbons (Fsp3) is 0.923. The van der Waals surface area contributed by atoms with Gasteiger partial charge in [0.1, 0.15) is 5.60 Å². The Morgan fingerprint density at radius 3 is 2.41 bits per heavy atom. The van der Waals surface area contributed by atoms with Crippen LogP contribution in [0.5, 0.6) is 0 Å². The van der Waals surface area contributed by atoms with E-state index in [2.05, 4.69) is 4.90 Å². The average molecular weight is 243 g/mol. The molecule has 1 aliphatic carbocycles. The number of hydrogen-bond donors (Lipinski definition) is 1. The van der Waals surface area contributed by atoms with Gasteiger partial charge < -0.3 is 9.84 Å². The Morgan fingerprint density at radius 2 is 2.00 bits per heavy atom. The van der Waals surface area contributed by atoms with Gasteiger partial charge in [-0.15, -0.1) is 0 Å². The number of esters is 1. The standard InChI is InChI=1S/C13H25NO3/c1-13(2,3)17-12(16)7-8-14(9-10-15)11-5-4-6-11/h11,15H,4-10H2,1-3H3. The van der Waals surface area contributed by atoms with Gasteiger partial charge in [-0.1, -0.05) is 6.42 Å². The maximum absolute atomic E-state index is 11.6. The highest BCUT2D eigenvalue weighted by Gasteiger charge is 2.25. The topological polar surface area (TPSA) is 49.8 Å². The van der Waals surface area contributed by atoms with Gasteiger partial charge in [0.05, 0.1) is 13.0 Å². The first-order chi connectivity index (χ1) is 7.92. The van der Waals surface area contributed by atoms with Crippen molar-refractivity contribution in [2.24, 2.45) is 0 Å². The zero-order valence-corrected chi connectivity index (χ0v) is 11.2. The van der Waals surface area contributed by atoms with Gasteiger partial charge in [0.2, 0.25) is 0 Å². The molecule has 17 heavy (non-hydrogen) atoms. The molecule has 0 aromatic carbocycles. The predicted molar refractivity (Wildman–Crippen MR) is 66.8 cm³/mol. The molecule has 100 valence electrons. The summed E-state index contributed by atoms with van der Waals surface area (Å²) in [7, 11) is 0. The molecular weight excluding hydrogens is 218 g/mol. The second-order valence-corrected chi connectivity index (χ2v) is 5.68. The Hall–Kier alpha value is -0.610. The van der Waals surface area contributed by atoms with E-state index in [0.717, 1.165) is 0 Å². The van der Waals surface area contributed by atoms with Crippen LogP contribution in [0.1, 0.15) is 46.5 Å². The first-order valence-electron chi connectivity index (χ1n) is 6.49. The van der Waals surface area contributed by atoms with E-state index in [1.54, 1.807) is 0 Å². The molecular formula is C13H25NO3. The fourth-order valence-electron chi connectivity index (χ4n) is 1.98. The minimum atomic E-state index is -0.407. The van der Waals surface area contributed by atoms with Gasteiger partial charge in [0, 0.05) is 19.1 Å². The number of hydrogen-bond acceptors (Lipinski definition) is 4. The Bertz CT molecular complexity index is 244. The molecule has 0 radical (unpaired) electrons. The van der Waals surface area contributed by atoms with Gasteiger partial charge in [-0.05, 0) is 33.6 Å². The summed E-state index contributed by atoms with van der Waals surface area (Å²) in [4.78, 5) is 13.8. The molecule has 1 fully saturated rings. The minimum Gasteiger partial charge on any atom is -0.460 e. The number of rotatable bonds is 6. The van der Waals surface area contributed by atoms with Crippen molar-refractivity contribution in [2.45, 2.75) is 58.1 Å². The third-order valence-electron chi connectivity index (χ3n) is 3.00. The van der Waals surface area contributed by atoms with Crippen molar-refractivity contribution in [3.63, 3.8) is 0 Å². The maximum Gasteiger partial charge on any atom is 0.307 e. The summed E-state index contributed by atoms with van der Waals surface area (Å²) in [5.41, 5.74) is -0.407. The largest absolute Gasteiger partial charge is 0.460 e. The van der Waals surface area contributed by atoms with E-state index in [1.165, 1.54) is 19.3 Å². The number of aliphatic hydroxyl groups is 1. The lowest BCUT2D eigenvalue weighted by Gasteiger charge is -2.37. The molecule has 0 atom stereocenters. The van der Waals surface area contributed by atoms with Crippen LogP contribution in [0.3, 0.4) is 0 Å². The van der Waals surface area contributed by atoms with Crippen molar-refractivity contribution in [1.29, 1.82) is 0 Å². The first-order valence-corrected chi connectivity index (χ1v) is 6.49. The van der Waals surface area contributed by atoms with E-state index in [-0.39, 0.29) is 12.6 Å². The smallest absolute Gasteiger partial charge is 0.307 e. The summed E-state index contributed by atoms with van der Waals surface area (Å²) in [5, 5.41) is 9.00. The first kappa shape index (κ1) is 14.5. The lowest BCUT2D eigenvalue weighted by Crippen LogP contribution is -2.43. The number of ether oxygens (including phenoxy) is 1. The molecule has 1 rings (SSSR count). The van der Waals surface area contributed by atoms with Crippen molar-refractivity contribution < 1.29 is 14.6 Å². The monoisotopic (exact) mass is 243 g/mol. The van der Waals surface area contributed by atoms with Crippen LogP contribution in [-0.4, -0.2) is 47.3 Å². The number of aliphatic hydroxyl groups excluding tert-OH is 1. The van der Waals surface area contributed by atoms with Gasteiger partial charge in [-0.2, -0.15) is 0 Å². The molecule has 1 saturated carbocycles. The van der Waals surface area contributed by atoms with E-state index in [9.17, 15) is 4.79 Å². The SMILES string of the molecule is CC(C)(C)OC(=O)CCN(CCO)C1CCC1. The zero-order valence-electron chi connectivity index (χ0n) is 11.2. The molecule has 4 nitrogen and oxygen atoms in total. The molecule has 0 aromatic rings. The lowest BCUT2D eigenvalue weighted by molar-refractivity contribution is -0.155. The third kappa shape index (κ3) is 5.50. The minimum absolute atomic E-state index is 0.153. The van der Waals surface area contributed by atoms with E-state index in [0.29, 0.717) is 25.6 Å². The van der Waals surface area contributed by atoms with Crippen LogP contribution in [0.25, 0.3) is 0 Å². The quantitative estimate of drug-likeness (QED) is 0.719. The molecule has 0 amide bonds. The van der Waals surface area contributed by atoms with Crippen molar-refractivity contribution in [2.75, 3.05) is 19.7 Å². The number of carbonyl (C=O) groups excluding carboxylic acids is 1. The fourth-order valence-corrected chi connectivity index (χ4v) is 1.98. The van der Waals surface area contributed by atoms with Gasteiger partial charge in [-0.3, -0.25) is 9.69 Å². The highest BCUT2D eigenvalue weighted by molar-refractivity contribution is 5.70. The highest BCUT2D eigenvalue weighted by atomic mass is 16.6. The Morgan fingerprint density at radius 1 is 1.35 bits per heavy atom. The van der Waals surface area contributed by atoms with Crippen LogP contribution < -0.4 is 0 Å². The molecule has 1 N–H and O–H groups in total. The van der Waals surface area contributed by atoms with Crippen LogP contribution in [-0.2, 0) is 9.53 Å². The molecule has 0 bridgehead atoms. The summed E-state index contributed by atoms with van der Waals surface area (Å²) in [6, 6.07) is 0.560.